The van der Waals surface area contributed by atoms with E-state index in [0.29, 0.717) is 11.7 Å². The van der Waals surface area contributed by atoms with Crippen molar-refractivity contribution in [2.24, 2.45) is 11.7 Å². The predicted molar refractivity (Wildman–Crippen MR) is 79.6 cm³/mol. The van der Waals surface area contributed by atoms with Gasteiger partial charge in [-0.1, -0.05) is 27.7 Å². The number of anilines is 1. The molecule has 1 heterocycles. The molecule has 0 saturated heterocycles. The van der Waals surface area contributed by atoms with E-state index in [4.69, 9.17) is 5.73 Å². The molecule has 0 aliphatic rings. The van der Waals surface area contributed by atoms with Crippen LogP contribution in [0.5, 0.6) is 0 Å². The van der Waals surface area contributed by atoms with Crippen LogP contribution in [-0.2, 0) is 0 Å². The molecule has 0 aliphatic heterocycles. The summed E-state index contributed by atoms with van der Waals surface area (Å²) < 4.78 is 0. The standard InChI is InChI=1S/C14H26N4O/c1-9(2)11(15)6-7-18(5)12-8-13(19)17-14(16-12)10(3)4/h8-11H,6-7,15H2,1-5H3,(H,16,17,19). The van der Waals surface area contributed by atoms with Crippen molar-refractivity contribution in [2.45, 2.75) is 46.1 Å². The number of nitrogens with two attached hydrogens (primary N) is 1. The fraction of sp³-hybridized carbons (Fsp3) is 0.714. The molecule has 0 bridgehead atoms. The Balaban J connectivity index is 2.76. The molecule has 1 aromatic heterocycles. The quantitative estimate of drug-likeness (QED) is 0.822. The van der Waals surface area contributed by atoms with Crippen molar-refractivity contribution < 1.29 is 0 Å². The normalized spacial score (nSPS) is 13.1. The van der Waals surface area contributed by atoms with Crippen LogP contribution in [0.4, 0.5) is 5.82 Å². The van der Waals surface area contributed by atoms with E-state index >= 15 is 0 Å². The Labute approximate surface area is 115 Å². The van der Waals surface area contributed by atoms with Crippen molar-refractivity contribution in [3.63, 3.8) is 0 Å². The molecule has 1 aromatic rings. The van der Waals surface area contributed by atoms with Crippen LogP contribution in [0.15, 0.2) is 10.9 Å². The summed E-state index contributed by atoms with van der Waals surface area (Å²) in [6.07, 6.45) is 0.889. The monoisotopic (exact) mass is 266 g/mol. The number of nitrogens with zero attached hydrogens (tertiary/aromatic N) is 2. The van der Waals surface area contributed by atoms with Crippen molar-refractivity contribution in [1.82, 2.24) is 9.97 Å². The van der Waals surface area contributed by atoms with Crippen molar-refractivity contribution in [1.29, 1.82) is 0 Å². The highest BCUT2D eigenvalue weighted by Gasteiger charge is 2.12. The smallest absolute Gasteiger partial charge is 0.252 e. The van der Waals surface area contributed by atoms with Gasteiger partial charge in [0.15, 0.2) is 0 Å². The average molecular weight is 266 g/mol. The number of aromatic amines is 1. The summed E-state index contributed by atoms with van der Waals surface area (Å²) in [5, 5.41) is 0. The van der Waals surface area contributed by atoms with Gasteiger partial charge in [0.1, 0.15) is 11.6 Å². The zero-order chi connectivity index (χ0) is 14.6. The topological polar surface area (TPSA) is 75.0 Å². The van der Waals surface area contributed by atoms with Gasteiger partial charge >= 0.3 is 0 Å². The van der Waals surface area contributed by atoms with Crippen LogP contribution in [-0.4, -0.2) is 29.6 Å². The molecule has 0 aliphatic carbocycles. The molecular weight excluding hydrogens is 240 g/mol. The number of H-pyrrole nitrogens is 1. The van der Waals surface area contributed by atoms with Crippen molar-refractivity contribution in [3.05, 3.63) is 22.2 Å². The molecule has 0 spiro atoms. The minimum Gasteiger partial charge on any atom is -0.359 e. The van der Waals surface area contributed by atoms with Crippen LogP contribution in [0.2, 0.25) is 0 Å². The highest BCUT2D eigenvalue weighted by Crippen LogP contribution is 2.13. The van der Waals surface area contributed by atoms with E-state index < -0.39 is 0 Å². The van der Waals surface area contributed by atoms with Crippen LogP contribution in [0.25, 0.3) is 0 Å². The molecule has 3 N–H and O–H groups in total. The third-order valence-electron chi connectivity index (χ3n) is 3.34. The molecule has 108 valence electrons. The first-order chi connectivity index (χ1) is 8.81. The lowest BCUT2D eigenvalue weighted by molar-refractivity contribution is 0.465. The fourth-order valence-electron chi connectivity index (χ4n) is 1.72. The van der Waals surface area contributed by atoms with Gasteiger partial charge in [-0.2, -0.15) is 0 Å². The van der Waals surface area contributed by atoms with Crippen LogP contribution in [0.3, 0.4) is 0 Å². The molecular formula is C14H26N4O. The van der Waals surface area contributed by atoms with E-state index in [2.05, 4.69) is 23.8 Å². The summed E-state index contributed by atoms with van der Waals surface area (Å²) in [5.74, 6) is 2.11. The maximum absolute atomic E-state index is 11.6. The maximum Gasteiger partial charge on any atom is 0.252 e. The lowest BCUT2D eigenvalue weighted by Gasteiger charge is -2.22. The highest BCUT2D eigenvalue weighted by molar-refractivity contribution is 5.36. The van der Waals surface area contributed by atoms with Gasteiger partial charge in [-0.25, -0.2) is 4.98 Å². The van der Waals surface area contributed by atoms with Crippen LogP contribution >= 0.6 is 0 Å². The fourth-order valence-corrected chi connectivity index (χ4v) is 1.72. The summed E-state index contributed by atoms with van der Waals surface area (Å²) in [4.78, 5) is 20.9. The van der Waals surface area contributed by atoms with E-state index in [0.717, 1.165) is 18.8 Å². The van der Waals surface area contributed by atoms with Crippen molar-refractivity contribution in [2.75, 3.05) is 18.5 Å². The molecule has 0 fully saturated rings. The molecule has 5 nitrogen and oxygen atoms in total. The van der Waals surface area contributed by atoms with Gasteiger partial charge in [0.05, 0.1) is 0 Å². The lowest BCUT2D eigenvalue weighted by atomic mass is 10.0. The average Bonchev–Trinajstić information content (AvgIpc) is 2.34. The number of hydrogen-bond donors (Lipinski definition) is 2. The number of hydrogen-bond acceptors (Lipinski definition) is 4. The zero-order valence-electron chi connectivity index (χ0n) is 12.6. The summed E-state index contributed by atoms with van der Waals surface area (Å²) in [7, 11) is 1.94. The minimum absolute atomic E-state index is 0.103. The molecule has 1 unspecified atom stereocenters. The Hall–Kier alpha value is -1.36. The second-order valence-corrected chi connectivity index (χ2v) is 5.76. The van der Waals surface area contributed by atoms with Gasteiger partial charge in [0.2, 0.25) is 0 Å². The van der Waals surface area contributed by atoms with Gasteiger partial charge in [-0.3, -0.25) is 4.79 Å². The molecule has 1 atom stereocenters. The second kappa shape index (κ2) is 6.70. The summed E-state index contributed by atoms with van der Waals surface area (Å²) in [5.41, 5.74) is 5.93. The zero-order valence-corrected chi connectivity index (χ0v) is 12.6. The highest BCUT2D eigenvalue weighted by atomic mass is 16.1. The molecule has 19 heavy (non-hydrogen) atoms. The van der Waals surface area contributed by atoms with Crippen LogP contribution in [0.1, 0.15) is 45.9 Å². The van der Waals surface area contributed by atoms with Crippen molar-refractivity contribution in [3.8, 4) is 0 Å². The van der Waals surface area contributed by atoms with Crippen molar-refractivity contribution >= 4 is 5.82 Å². The Morgan fingerprint density at radius 2 is 2.00 bits per heavy atom. The second-order valence-electron chi connectivity index (χ2n) is 5.76. The maximum atomic E-state index is 11.6. The van der Waals surface area contributed by atoms with Gasteiger partial charge in [0, 0.05) is 31.6 Å². The third-order valence-corrected chi connectivity index (χ3v) is 3.34. The molecule has 0 aromatic carbocycles. The van der Waals surface area contributed by atoms with Gasteiger partial charge in [0.25, 0.3) is 5.56 Å². The molecule has 0 radical (unpaired) electrons. The first kappa shape index (κ1) is 15.7. The Morgan fingerprint density at radius 3 is 2.53 bits per heavy atom. The Kier molecular flexibility index (Phi) is 5.54. The minimum atomic E-state index is -0.103. The molecule has 5 heteroatoms. The predicted octanol–water partition coefficient (Wildman–Crippen LogP) is 1.70. The molecule has 1 rings (SSSR count). The number of aromatic nitrogens is 2. The molecule has 0 saturated carbocycles. The number of rotatable bonds is 6. The van der Waals surface area contributed by atoms with Gasteiger partial charge in [-0.05, 0) is 12.3 Å². The summed E-state index contributed by atoms with van der Waals surface area (Å²) in [6, 6.07) is 1.71. The van der Waals surface area contributed by atoms with Crippen LogP contribution < -0.4 is 16.2 Å². The summed E-state index contributed by atoms with van der Waals surface area (Å²) in [6.45, 7) is 9.06. The first-order valence-corrected chi connectivity index (χ1v) is 6.89. The van der Waals surface area contributed by atoms with Gasteiger partial charge in [-0.15, -0.1) is 0 Å². The Morgan fingerprint density at radius 1 is 1.37 bits per heavy atom. The molecule has 0 amide bonds. The van der Waals surface area contributed by atoms with E-state index in [1.54, 1.807) is 0 Å². The van der Waals surface area contributed by atoms with E-state index in [-0.39, 0.29) is 17.5 Å². The van der Waals surface area contributed by atoms with Gasteiger partial charge < -0.3 is 15.6 Å². The SMILES string of the molecule is CC(C)c1nc(N(C)CCC(N)C(C)C)cc(=O)[nH]1. The third kappa shape index (κ3) is 4.67. The number of nitrogens with one attached hydrogen (secondary N) is 1. The lowest BCUT2D eigenvalue weighted by Crippen LogP contribution is -2.32. The van der Waals surface area contributed by atoms with E-state index in [1.165, 1.54) is 6.07 Å². The summed E-state index contributed by atoms with van der Waals surface area (Å²) >= 11 is 0. The van der Waals surface area contributed by atoms with Crippen LogP contribution in [0, 0.1) is 5.92 Å². The first-order valence-electron chi connectivity index (χ1n) is 6.89. The largest absolute Gasteiger partial charge is 0.359 e. The van der Waals surface area contributed by atoms with E-state index in [9.17, 15) is 4.79 Å². The van der Waals surface area contributed by atoms with E-state index in [1.807, 2.05) is 25.8 Å². The Bertz CT molecular complexity index is 453.